The fourth-order valence-corrected chi connectivity index (χ4v) is 3.59. The first kappa shape index (κ1) is 11.2. The van der Waals surface area contributed by atoms with E-state index in [1.165, 1.54) is 24.3 Å². The monoisotopic (exact) mass is 251 g/mol. The molecule has 2 bridgehead atoms. The smallest absolute Gasteiger partial charge is 0.261 e. The largest absolute Gasteiger partial charge is 0.347 e. The Balaban J connectivity index is 1.63. The molecule has 1 aromatic heterocycles. The molecule has 2 saturated heterocycles. The molecule has 3 atom stereocenters. The minimum atomic E-state index is 0.0634. The van der Waals surface area contributed by atoms with Crippen molar-refractivity contribution in [1.82, 2.24) is 10.2 Å². The van der Waals surface area contributed by atoms with Gasteiger partial charge in [-0.1, -0.05) is 0 Å². The predicted molar refractivity (Wildman–Crippen MR) is 68.0 cm³/mol. The zero-order chi connectivity index (χ0) is 11.8. The third-order valence-corrected chi connectivity index (χ3v) is 4.84. The highest BCUT2D eigenvalue weighted by Crippen LogP contribution is 2.28. The van der Waals surface area contributed by atoms with Gasteiger partial charge in [-0.05, 0) is 31.0 Å². The molecule has 3 heterocycles. The van der Waals surface area contributed by atoms with Crippen molar-refractivity contribution in [1.29, 1.82) is 0 Å². The van der Waals surface area contributed by atoms with Gasteiger partial charge in [0, 0.05) is 30.6 Å². The minimum Gasteiger partial charge on any atom is -0.347 e. The number of nitrogens with zero attached hydrogens (tertiary/aromatic N) is 1. The van der Waals surface area contributed by atoms with E-state index in [0.29, 0.717) is 18.5 Å². The van der Waals surface area contributed by atoms with Crippen LogP contribution in [-0.2, 0) is 6.54 Å². The molecule has 2 aliphatic rings. The summed E-state index contributed by atoms with van der Waals surface area (Å²) in [7, 11) is 0. The number of hydrogen-bond donors (Lipinski definition) is 2. The van der Waals surface area contributed by atoms with Crippen LogP contribution in [0.5, 0.6) is 0 Å². The Hall–Kier alpha value is -0.910. The number of thiophene rings is 1. The second-order valence-corrected chi connectivity index (χ2v) is 6.03. The average molecular weight is 251 g/mol. The highest BCUT2D eigenvalue weighted by Gasteiger charge is 2.38. The number of hydrogen-bond acceptors (Lipinski definition) is 4. The van der Waals surface area contributed by atoms with E-state index in [1.54, 1.807) is 0 Å². The lowest BCUT2D eigenvalue weighted by Crippen LogP contribution is -2.42. The van der Waals surface area contributed by atoms with E-state index in [0.717, 1.165) is 22.8 Å². The van der Waals surface area contributed by atoms with Gasteiger partial charge in [-0.15, -0.1) is 11.3 Å². The number of fused-ring (bicyclic) bond motifs is 2. The number of amides is 1. The molecule has 92 valence electrons. The zero-order valence-electron chi connectivity index (χ0n) is 9.69. The summed E-state index contributed by atoms with van der Waals surface area (Å²) in [6.45, 7) is 3.89. The lowest BCUT2D eigenvalue weighted by molar-refractivity contribution is 0.0928. The number of nitrogens with one attached hydrogen (secondary N) is 1. The van der Waals surface area contributed by atoms with Crippen molar-refractivity contribution in [3.8, 4) is 0 Å². The zero-order valence-corrected chi connectivity index (χ0v) is 10.5. The summed E-state index contributed by atoms with van der Waals surface area (Å²) in [4.78, 5) is 16.3. The van der Waals surface area contributed by atoms with Gasteiger partial charge in [-0.25, -0.2) is 0 Å². The van der Waals surface area contributed by atoms with Gasteiger partial charge in [0.2, 0.25) is 0 Å². The van der Waals surface area contributed by atoms with Crippen molar-refractivity contribution in [3.05, 3.63) is 21.9 Å². The molecule has 5 heteroatoms. The standard InChI is InChI=1S/C12H17N3OS/c13-5-9-1-2-11(17-9)12(16)14-10-7-15-4-3-8(10)6-15/h1-2,8,10H,3-7,13H2,(H,14,16)/t8-,10?/m0/s1. The number of carbonyl (C=O) groups excluding carboxylic acids is 1. The van der Waals surface area contributed by atoms with E-state index in [-0.39, 0.29) is 5.91 Å². The van der Waals surface area contributed by atoms with Crippen LogP contribution in [0.15, 0.2) is 12.1 Å². The third-order valence-electron chi connectivity index (χ3n) is 3.74. The molecule has 1 amide bonds. The van der Waals surface area contributed by atoms with Gasteiger partial charge in [0.25, 0.3) is 5.91 Å². The second-order valence-electron chi connectivity index (χ2n) is 4.86. The first-order valence-corrected chi connectivity index (χ1v) is 6.90. The molecule has 0 saturated carbocycles. The van der Waals surface area contributed by atoms with Gasteiger partial charge >= 0.3 is 0 Å². The van der Waals surface area contributed by atoms with Crippen molar-refractivity contribution in [2.45, 2.75) is 19.0 Å². The predicted octanol–water partition coefficient (Wildman–Crippen LogP) is 0.641. The van der Waals surface area contributed by atoms with E-state index >= 15 is 0 Å². The maximum Gasteiger partial charge on any atom is 0.261 e. The molecule has 1 aromatic rings. The highest BCUT2D eigenvalue weighted by molar-refractivity contribution is 7.14. The number of nitrogens with two attached hydrogens (primary N) is 1. The molecule has 4 nitrogen and oxygen atoms in total. The van der Waals surface area contributed by atoms with Crippen LogP contribution in [0.25, 0.3) is 0 Å². The maximum absolute atomic E-state index is 12.0. The van der Waals surface area contributed by atoms with E-state index in [4.69, 9.17) is 5.73 Å². The van der Waals surface area contributed by atoms with Gasteiger partial charge < -0.3 is 16.0 Å². The quantitative estimate of drug-likeness (QED) is 0.829. The molecule has 0 radical (unpaired) electrons. The van der Waals surface area contributed by atoms with Gasteiger partial charge in [-0.2, -0.15) is 0 Å². The molecule has 17 heavy (non-hydrogen) atoms. The molecular weight excluding hydrogens is 234 g/mol. The Kier molecular flexibility index (Phi) is 2.90. The maximum atomic E-state index is 12.0. The van der Waals surface area contributed by atoms with E-state index in [2.05, 4.69) is 10.2 Å². The summed E-state index contributed by atoms with van der Waals surface area (Å²) in [5.74, 6) is 0.723. The first-order chi connectivity index (χ1) is 8.26. The van der Waals surface area contributed by atoms with Crippen molar-refractivity contribution in [2.24, 2.45) is 11.7 Å². The van der Waals surface area contributed by atoms with Crippen molar-refractivity contribution in [2.75, 3.05) is 19.6 Å². The Morgan fingerprint density at radius 2 is 2.41 bits per heavy atom. The summed E-state index contributed by atoms with van der Waals surface area (Å²) >= 11 is 1.49. The second kappa shape index (κ2) is 4.40. The molecule has 2 unspecified atom stereocenters. The molecule has 3 rings (SSSR count). The Labute approximate surface area is 105 Å². The highest BCUT2D eigenvalue weighted by atomic mass is 32.1. The topological polar surface area (TPSA) is 58.4 Å². The van der Waals surface area contributed by atoms with Crippen LogP contribution in [0.1, 0.15) is 21.0 Å². The Morgan fingerprint density at radius 3 is 3.00 bits per heavy atom. The van der Waals surface area contributed by atoms with Crippen LogP contribution in [0.2, 0.25) is 0 Å². The summed E-state index contributed by atoms with van der Waals surface area (Å²) in [5.41, 5.74) is 5.55. The lowest BCUT2D eigenvalue weighted by Gasteiger charge is -2.22. The van der Waals surface area contributed by atoms with Gasteiger partial charge in [0.05, 0.1) is 4.88 Å². The summed E-state index contributed by atoms with van der Waals surface area (Å²) < 4.78 is 0. The molecule has 0 spiro atoms. The van der Waals surface area contributed by atoms with Crippen LogP contribution >= 0.6 is 11.3 Å². The molecule has 3 N–H and O–H groups in total. The average Bonchev–Trinajstić information content (AvgIpc) is 3.04. The normalized spacial score (nSPS) is 30.8. The van der Waals surface area contributed by atoms with E-state index in [9.17, 15) is 4.79 Å². The Bertz CT molecular complexity index is 431. The van der Waals surface area contributed by atoms with Gasteiger partial charge in [0.15, 0.2) is 0 Å². The van der Waals surface area contributed by atoms with Crippen molar-refractivity contribution >= 4 is 17.2 Å². The molecule has 0 aromatic carbocycles. The Morgan fingerprint density at radius 1 is 1.53 bits per heavy atom. The molecule has 0 aliphatic carbocycles. The fraction of sp³-hybridized carbons (Fsp3) is 0.583. The van der Waals surface area contributed by atoms with E-state index < -0.39 is 0 Å². The van der Waals surface area contributed by atoms with Gasteiger partial charge in [-0.3, -0.25) is 4.79 Å². The van der Waals surface area contributed by atoms with Crippen LogP contribution < -0.4 is 11.1 Å². The van der Waals surface area contributed by atoms with E-state index in [1.807, 2.05) is 12.1 Å². The number of piperidine rings is 1. The number of rotatable bonds is 3. The molecule has 2 fully saturated rings. The summed E-state index contributed by atoms with van der Waals surface area (Å²) in [6, 6.07) is 4.15. The molecule has 2 aliphatic heterocycles. The lowest BCUT2D eigenvalue weighted by atomic mass is 10.00. The third kappa shape index (κ3) is 2.10. The SMILES string of the molecule is NCc1ccc(C(=O)NC2CN3CC[C@H]2C3)s1. The molecular formula is C12H17N3OS. The summed E-state index contributed by atoms with van der Waals surface area (Å²) in [5, 5.41) is 3.15. The van der Waals surface area contributed by atoms with Crippen LogP contribution in [0.4, 0.5) is 0 Å². The van der Waals surface area contributed by atoms with Gasteiger partial charge in [0.1, 0.15) is 0 Å². The van der Waals surface area contributed by atoms with Crippen molar-refractivity contribution in [3.63, 3.8) is 0 Å². The fourth-order valence-electron chi connectivity index (χ4n) is 2.80. The van der Waals surface area contributed by atoms with Crippen molar-refractivity contribution < 1.29 is 4.79 Å². The minimum absolute atomic E-state index is 0.0634. The van der Waals surface area contributed by atoms with Crippen LogP contribution in [0.3, 0.4) is 0 Å². The summed E-state index contributed by atoms with van der Waals surface area (Å²) in [6.07, 6.45) is 1.23. The first-order valence-electron chi connectivity index (χ1n) is 6.08. The van der Waals surface area contributed by atoms with Crippen LogP contribution in [0, 0.1) is 5.92 Å². The number of carbonyl (C=O) groups is 1. The van der Waals surface area contributed by atoms with Crippen LogP contribution in [-0.4, -0.2) is 36.5 Å².